The summed E-state index contributed by atoms with van der Waals surface area (Å²) in [4.78, 5) is 127. The van der Waals surface area contributed by atoms with Crippen molar-refractivity contribution >= 4 is 124 Å². The van der Waals surface area contributed by atoms with Crippen LogP contribution < -0.4 is 44.3 Å². The van der Waals surface area contributed by atoms with Crippen LogP contribution in [0.3, 0.4) is 0 Å². The Morgan fingerprint density at radius 2 is 1.00 bits per heavy atom. The van der Waals surface area contributed by atoms with Crippen LogP contribution in [-0.2, 0) is 58.3 Å². The number of aryl methyl sites for hydroxylation is 2. The summed E-state index contributed by atoms with van der Waals surface area (Å²) in [5.41, 5.74) is 1.00. The van der Waals surface area contributed by atoms with Gasteiger partial charge in [0.15, 0.2) is 11.6 Å². The van der Waals surface area contributed by atoms with Gasteiger partial charge in [-0.25, -0.2) is 51.2 Å². The number of nitrogens with zero attached hydrogens (tertiary/aromatic N) is 5. The maximum Gasteiger partial charge on any atom is 0.408 e. The van der Waals surface area contributed by atoms with Gasteiger partial charge in [-0.15, -0.1) is 48.2 Å². The van der Waals surface area contributed by atoms with Crippen molar-refractivity contribution in [3.05, 3.63) is 95.0 Å². The number of benzene rings is 2. The highest BCUT2D eigenvalue weighted by atomic mass is 35.5. The number of hydrogen-bond acceptors (Lipinski definition) is 25. The van der Waals surface area contributed by atoms with E-state index < -0.39 is 147 Å². The zero-order chi connectivity index (χ0) is 89.7. The maximum atomic E-state index is 14.9. The van der Waals surface area contributed by atoms with Gasteiger partial charge in [-0.05, 0) is 153 Å². The second kappa shape index (κ2) is 37.1. The third-order valence-electron chi connectivity index (χ3n) is 23.0. The number of nitrogens with one attached hydrogen (secondary N) is 5. The second-order valence-corrected chi connectivity index (χ2v) is 43.3. The summed E-state index contributed by atoms with van der Waals surface area (Å²) in [5.74, 6) is -2.07. The number of carbonyl (C=O) groups is 8. The standard InChI is InChI=1S/C44H59N5O9S2.C33H40N4O6S2.C11H21NO4.ClH/c1-13-26-19-44(26,40(52)48-60(54,55)27-14-15-27)20-31(50)36-25(5)34(21-49(36)39(51)37(42(6,7)8)47-41(53)58-43(9,10)11)57-33-18-29(38-46-30(22-59-38)23(2)3)45-35-24(4)32(56-12)17-16-28(33)35;1-7-20-13-33(20,32(39)37-45(40,41)21-8-9-21)14-25(38)30-19(5)28(15-34-30)43-27-12-23(31-36-24(16-44-31)17(2)3)35-29-18(4)26(42-6)11-10-22(27)29;1-10(2,3)7(8(13)14)12-9(15)16-11(4,5)6;/h13,16-18,22-23,25-27,34,36-37H,1,14-15,19-21H2,2-12H3,(H,47,53)(H,48,52);7,10-12,16-17,19-21,28,30,34H,1,8-9,13-15H2,2-6H3,(H,37,39);7H,1-6H3,(H,12,15)(H,13,14);1H/t25-,26-,34+,36+,37-,44-;19-,20-,28+,30+,33-;7-;/m111./s1. The first-order valence-electron chi connectivity index (χ1n) is 41.1. The fraction of sp³-hybridized carbons (Fsp3) is 0.591. The molecule has 4 aromatic heterocycles. The summed E-state index contributed by atoms with van der Waals surface area (Å²) in [6.45, 7) is 45.0. The van der Waals surface area contributed by atoms with E-state index in [0.29, 0.717) is 83.2 Å². The Morgan fingerprint density at radius 3 is 1.35 bits per heavy atom. The van der Waals surface area contributed by atoms with E-state index in [0.717, 1.165) is 44.2 Å². The molecule has 29 nitrogen and oxygen atoms in total. The van der Waals surface area contributed by atoms with Crippen LogP contribution >= 0.6 is 35.1 Å². The highest BCUT2D eigenvalue weighted by Crippen LogP contribution is 2.59. The first kappa shape index (κ1) is 96.9. The molecule has 0 unspecified atom stereocenters. The molecule has 2 aromatic carbocycles. The Balaban J connectivity index is 0.000000239. The second-order valence-electron chi connectivity index (χ2n) is 37.7. The molecule has 4 aliphatic carbocycles. The van der Waals surface area contributed by atoms with Crippen molar-refractivity contribution in [2.45, 2.75) is 260 Å². The summed E-state index contributed by atoms with van der Waals surface area (Å²) in [7, 11) is -4.39. The van der Waals surface area contributed by atoms with E-state index in [-0.39, 0.29) is 73.8 Å². The average Bonchev–Trinajstić information content (AvgIpc) is 1.57. The van der Waals surface area contributed by atoms with Crippen molar-refractivity contribution in [1.82, 2.24) is 50.2 Å². The summed E-state index contributed by atoms with van der Waals surface area (Å²) < 4.78 is 90.6. The smallest absolute Gasteiger partial charge is 0.408 e. The Labute approximate surface area is 730 Å². The van der Waals surface area contributed by atoms with Gasteiger partial charge in [0, 0.05) is 76.0 Å². The molecule has 122 heavy (non-hydrogen) atoms. The third kappa shape index (κ3) is 22.2. The number of carbonyl (C=O) groups excluding carboxylic acids is 7. The van der Waals surface area contributed by atoms with Gasteiger partial charge in [0.2, 0.25) is 37.8 Å². The molecule has 6 N–H and O–H groups in total. The molecule has 6 heterocycles. The number of amides is 5. The summed E-state index contributed by atoms with van der Waals surface area (Å²) >= 11 is 3.01. The molecule has 12 rings (SSSR count). The number of aliphatic carboxylic acids is 1. The Bertz CT molecular complexity index is 5230. The lowest BCUT2D eigenvalue weighted by Gasteiger charge is -2.36. The number of hydrogen-bond donors (Lipinski definition) is 6. The highest BCUT2D eigenvalue weighted by Gasteiger charge is 2.64. The summed E-state index contributed by atoms with van der Waals surface area (Å²) in [6.07, 6.45) is 2.90. The van der Waals surface area contributed by atoms with E-state index in [1.807, 2.05) is 69.5 Å². The molecule has 0 bridgehead atoms. The molecular formula is C88H121ClN10O19S4. The number of ketones is 2. The van der Waals surface area contributed by atoms with E-state index in [9.17, 15) is 55.2 Å². The minimum Gasteiger partial charge on any atom is -0.496 e. The largest absolute Gasteiger partial charge is 0.496 e. The number of fused-ring (bicyclic) bond motifs is 2. The number of carboxylic acids is 1. The van der Waals surface area contributed by atoms with E-state index in [1.54, 1.807) is 121 Å². The number of methoxy groups -OCH3 is 2. The van der Waals surface area contributed by atoms with Crippen LogP contribution in [0.4, 0.5) is 9.59 Å². The average molecular weight is 1790 g/mol. The first-order chi connectivity index (χ1) is 56.2. The van der Waals surface area contributed by atoms with Crippen molar-refractivity contribution in [3.63, 3.8) is 0 Å². The third-order valence-corrected chi connectivity index (χ3v) is 28.4. The zero-order valence-electron chi connectivity index (χ0n) is 73.9. The molecule has 668 valence electrons. The van der Waals surface area contributed by atoms with Crippen molar-refractivity contribution in [2.75, 3.05) is 27.3 Å². The molecule has 0 spiro atoms. The molecule has 34 heteroatoms. The van der Waals surface area contributed by atoms with Crippen molar-refractivity contribution in [3.8, 4) is 44.4 Å². The molecule has 2 aliphatic heterocycles. The lowest BCUT2D eigenvalue weighted by molar-refractivity contribution is -0.143. The number of aromatic nitrogens is 4. The van der Waals surface area contributed by atoms with Crippen molar-refractivity contribution < 1.29 is 88.7 Å². The number of alkyl carbamates (subject to hydrolysis) is 2. The number of ether oxygens (including phenoxy) is 6. The van der Waals surface area contributed by atoms with E-state index in [4.69, 9.17) is 53.5 Å². The van der Waals surface area contributed by atoms with E-state index in [1.165, 1.54) is 16.2 Å². The van der Waals surface area contributed by atoms with Crippen LogP contribution in [-0.4, -0.2) is 180 Å². The van der Waals surface area contributed by atoms with Crippen LogP contribution in [0.2, 0.25) is 0 Å². The lowest BCUT2D eigenvalue weighted by Crippen LogP contribution is -2.58. The number of allylic oxidation sites excluding steroid dienone is 2. The number of Topliss-reactive ketones (excluding diaryl/α,β-unsaturated/α-hetero) is 2. The molecule has 2 saturated heterocycles. The number of pyridine rings is 2. The monoisotopic (exact) mass is 1780 g/mol. The van der Waals surface area contributed by atoms with Crippen LogP contribution in [0.5, 0.6) is 23.0 Å². The minimum atomic E-state index is -3.90. The predicted molar refractivity (Wildman–Crippen MR) is 472 cm³/mol. The maximum absolute atomic E-state index is 14.9. The van der Waals surface area contributed by atoms with Crippen LogP contribution in [0.15, 0.2) is 72.5 Å². The fourth-order valence-electron chi connectivity index (χ4n) is 15.4. The van der Waals surface area contributed by atoms with E-state index >= 15 is 0 Å². The molecule has 6 aliphatic rings. The van der Waals surface area contributed by atoms with Gasteiger partial charge in [-0.2, -0.15) is 0 Å². The molecule has 6 fully saturated rings. The fourth-order valence-corrected chi connectivity index (χ4v) is 20.0. The Kier molecular flexibility index (Phi) is 29.5. The molecule has 4 saturated carbocycles. The van der Waals surface area contributed by atoms with Gasteiger partial charge in [0.05, 0.1) is 76.6 Å². The van der Waals surface area contributed by atoms with Gasteiger partial charge in [-0.1, -0.05) is 95.2 Å². The first-order valence-corrected chi connectivity index (χ1v) is 46.0. The number of carboxylic acid groups (broad SMARTS) is 1. The van der Waals surface area contributed by atoms with Gasteiger partial charge in [0.1, 0.15) is 79.9 Å². The normalized spacial score (nSPS) is 23.1. The van der Waals surface area contributed by atoms with Crippen LogP contribution in [0.1, 0.15) is 210 Å². The number of halogens is 1. The molecule has 12 atom stereocenters. The van der Waals surface area contributed by atoms with Gasteiger partial charge >= 0.3 is 18.2 Å². The highest BCUT2D eigenvalue weighted by molar-refractivity contribution is 7.91. The summed E-state index contributed by atoms with van der Waals surface area (Å²) in [5, 5.41) is 23.3. The molecule has 0 radical (unpaired) electrons. The van der Waals surface area contributed by atoms with Gasteiger partial charge in [0.25, 0.3) is 0 Å². The molecule has 6 aromatic rings. The molecule has 5 amide bonds. The van der Waals surface area contributed by atoms with E-state index in [2.05, 4.69) is 71.6 Å². The quantitative estimate of drug-likeness (QED) is 0.0248. The summed E-state index contributed by atoms with van der Waals surface area (Å²) in [6, 6.07) is 7.52. The van der Waals surface area contributed by atoms with Crippen LogP contribution in [0.25, 0.3) is 43.2 Å². The SMILES string of the molecule is C=C[C@@H]1C[C@]1(CC(=O)[C@@H]1[C@H](C)[C@@H](Oc2cc(-c3nc(C(C)C)cs3)nc3c(C)c(OC)ccc23)CN1C(=O)[C@@H](NC(=O)OC(C)(C)C)C(C)(C)C)C(=O)NS(=O)(=O)C1CC1.C=C[C@@H]1C[C@]1(CC(=O)[C@H]1NC[C@H](Oc2cc(-c3nc(C(C)C)cs3)nc3c(C)c(OC)ccc23)[C@H]1C)C(=O)NS(=O)(=O)C1CC1.CC(C)(C)OC(=O)N[C@H](C(=O)O)C(C)(C)C.Cl. The van der Waals surface area contributed by atoms with Crippen molar-refractivity contribution in [2.24, 2.45) is 45.3 Å². The van der Waals surface area contributed by atoms with Gasteiger partial charge in [-0.3, -0.25) is 33.4 Å². The Morgan fingerprint density at radius 1 is 0.598 bits per heavy atom. The Hall–Kier alpha value is -8.89. The van der Waals surface area contributed by atoms with Crippen LogP contribution in [0, 0.1) is 59.2 Å². The zero-order valence-corrected chi connectivity index (χ0v) is 78.0. The number of likely N-dealkylation sites (tertiary alicyclic amines) is 1. The number of sulfonamides is 2. The minimum absolute atomic E-state index is 0. The van der Waals surface area contributed by atoms with Gasteiger partial charge < -0.3 is 54.4 Å². The predicted octanol–water partition coefficient (Wildman–Crippen LogP) is 14.4. The number of thiazole rings is 2. The topological polar surface area (TPSA) is 395 Å². The van der Waals surface area contributed by atoms with Crippen molar-refractivity contribution in [1.29, 1.82) is 0 Å². The lowest BCUT2D eigenvalue weighted by atomic mass is 9.84. The number of rotatable bonds is 28. The molecular weight excluding hydrogens is 1660 g/mol.